The summed E-state index contributed by atoms with van der Waals surface area (Å²) in [6.07, 6.45) is 4.39. The summed E-state index contributed by atoms with van der Waals surface area (Å²) in [5.41, 5.74) is -1.76. The SMILES string of the molecule is CC(C)(O)C(C)(C)OB(O)/C=C/C1CC1. The maximum Gasteiger partial charge on any atom is 0.483 e. The summed E-state index contributed by atoms with van der Waals surface area (Å²) in [7, 11) is -0.938. The standard InChI is InChI=1S/C11H21BO3/c1-10(2,13)11(3,4)15-12(14)8-7-9-5-6-9/h7-9,13-14H,5-6H2,1-4H3/b8-7+. The molecule has 1 saturated carbocycles. The van der Waals surface area contributed by atoms with Crippen LogP contribution in [0.1, 0.15) is 40.5 Å². The first-order valence-corrected chi connectivity index (χ1v) is 5.49. The average Bonchev–Trinajstić information content (AvgIpc) is 2.80. The topological polar surface area (TPSA) is 49.7 Å². The summed E-state index contributed by atoms with van der Waals surface area (Å²) in [6.45, 7) is 6.87. The third-order valence-electron chi connectivity index (χ3n) is 3.06. The molecule has 0 radical (unpaired) electrons. The number of hydrogen-bond acceptors (Lipinski definition) is 3. The van der Waals surface area contributed by atoms with Gasteiger partial charge in [0.15, 0.2) is 0 Å². The van der Waals surface area contributed by atoms with Crippen LogP contribution in [0.5, 0.6) is 0 Å². The van der Waals surface area contributed by atoms with Crippen LogP contribution in [0.25, 0.3) is 0 Å². The zero-order valence-corrected chi connectivity index (χ0v) is 10.0. The molecule has 2 N–H and O–H groups in total. The maximum absolute atomic E-state index is 9.82. The molecule has 1 aliphatic carbocycles. The van der Waals surface area contributed by atoms with Gasteiger partial charge in [-0.3, -0.25) is 0 Å². The molecule has 3 nitrogen and oxygen atoms in total. The van der Waals surface area contributed by atoms with Crippen molar-refractivity contribution in [3.63, 3.8) is 0 Å². The molecule has 0 spiro atoms. The fourth-order valence-corrected chi connectivity index (χ4v) is 1.03. The first-order chi connectivity index (χ1) is 6.72. The van der Waals surface area contributed by atoms with Crippen LogP contribution in [0.2, 0.25) is 0 Å². The van der Waals surface area contributed by atoms with E-state index in [1.165, 1.54) is 12.8 Å². The van der Waals surface area contributed by atoms with Crippen molar-refractivity contribution in [3.8, 4) is 0 Å². The Morgan fingerprint density at radius 3 is 2.20 bits per heavy atom. The Hall–Kier alpha value is -0.315. The monoisotopic (exact) mass is 212 g/mol. The van der Waals surface area contributed by atoms with E-state index < -0.39 is 18.3 Å². The summed E-state index contributed by atoms with van der Waals surface area (Å²) >= 11 is 0. The lowest BCUT2D eigenvalue weighted by Crippen LogP contribution is -2.50. The molecule has 0 unspecified atom stereocenters. The predicted molar refractivity (Wildman–Crippen MR) is 61.3 cm³/mol. The zero-order chi connectivity index (χ0) is 11.7. The van der Waals surface area contributed by atoms with Gasteiger partial charge in [0.25, 0.3) is 0 Å². The molecule has 0 aromatic rings. The summed E-state index contributed by atoms with van der Waals surface area (Å²) in [5.74, 6) is 2.28. The van der Waals surface area contributed by atoms with E-state index in [0.29, 0.717) is 5.92 Å². The van der Waals surface area contributed by atoms with Crippen LogP contribution < -0.4 is 0 Å². The normalized spacial score (nSPS) is 18.5. The highest BCUT2D eigenvalue weighted by Gasteiger charge is 2.38. The molecule has 0 bridgehead atoms. The molecule has 0 amide bonds. The fourth-order valence-electron chi connectivity index (χ4n) is 1.03. The molecule has 0 saturated heterocycles. The van der Waals surface area contributed by atoms with Gasteiger partial charge in [0.1, 0.15) is 0 Å². The molecule has 0 aromatic heterocycles. The van der Waals surface area contributed by atoms with Crippen molar-refractivity contribution >= 4 is 7.12 Å². The van der Waals surface area contributed by atoms with Gasteiger partial charge in [-0.1, -0.05) is 12.1 Å². The molecule has 86 valence electrons. The maximum atomic E-state index is 9.82. The van der Waals surface area contributed by atoms with Crippen molar-refractivity contribution < 1.29 is 14.8 Å². The summed E-state index contributed by atoms with van der Waals surface area (Å²) < 4.78 is 5.40. The molecular formula is C11H21BO3. The molecule has 1 fully saturated rings. The molecule has 0 heterocycles. The summed E-state index contributed by atoms with van der Waals surface area (Å²) in [5, 5.41) is 19.4. The summed E-state index contributed by atoms with van der Waals surface area (Å²) in [4.78, 5) is 0. The van der Waals surface area contributed by atoms with Gasteiger partial charge in [-0.25, -0.2) is 0 Å². The van der Waals surface area contributed by atoms with Gasteiger partial charge in [-0.15, -0.1) is 0 Å². The van der Waals surface area contributed by atoms with Crippen LogP contribution in [0.15, 0.2) is 12.1 Å². The first-order valence-electron chi connectivity index (χ1n) is 5.49. The van der Waals surface area contributed by atoms with Crippen LogP contribution in [0.3, 0.4) is 0 Å². The summed E-state index contributed by atoms with van der Waals surface area (Å²) in [6, 6.07) is 0. The van der Waals surface area contributed by atoms with Crippen LogP contribution in [-0.4, -0.2) is 28.5 Å². The van der Waals surface area contributed by atoms with Crippen molar-refractivity contribution in [1.29, 1.82) is 0 Å². The van der Waals surface area contributed by atoms with E-state index in [0.717, 1.165) is 0 Å². The largest absolute Gasteiger partial charge is 0.483 e. The van der Waals surface area contributed by atoms with Crippen molar-refractivity contribution in [2.45, 2.75) is 51.7 Å². The Balaban J connectivity index is 2.44. The van der Waals surface area contributed by atoms with E-state index in [1.54, 1.807) is 33.7 Å². The quantitative estimate of drug-likeness (QED) is 0.679. The van der Waals surface area contributed by atoms with Crippen molar-refractivity contribution in [1.82, 2.24) is 0 Å². The van der Waals surface area contributed by atoms with E-state index in [4.69, 9.17) is 4.65 Å². The van der Waals surface area contributed by atoms with E-state index >= 15 is 0 Å². The van der Waals surface area contributed by atoms with Gasteiger partial charge < -0.3 is 14.8 Å². The van der Waals surface area contributed by atoms with Gasteiger partial charge in [-0.2, -0.15) is 0 Å². The molecule has 0 atom stereocenters. The number of rotatable bonds is 5. The van der Waals surface area contributed by atoms with Crippen LogP contribution in [0.4, 0.5) is 0 Å². The van der Waals surface area contributed by atoms with Gasteiger partial charge in [-0.05, 0) is 46.5 Å². The third kappa shape index (κ3) is 3.97. The zero-order valence-electron chi connectivity index (χ0n) is 10.0. The predicted octanol–water partition coefficient (Wildman–Crippen LogP) is 1.54. The van der Waals surface area contributed by atoms with Crippen molar-refractivity contribution in [2.24, 2.45) is 5.92 Å². The Labute approximate surface area is 92.3 Å². The Bertz CT molecular complexity index is 239. The minimum atomic E-state index is -0.985. The highest BCUT2D eigenvalue weighted by atomic mass is 16.5. The average molecular weight is 212 g/mol. The molecule has 1 aliphatic rings. The van der Waals surface area contributed by atoms with Gasteiger partial charge >= 0.3 is 7.12 Å². The van der Waals surface area contributed by atoms with E-state index in [2.05, 4.69) is 0 Å². The van der Waals surface area contributed by atoms with E-state index in [1.807, 2.05) is 6.08 Å². The second-order valence-corrected chi connectivity index (χ2v) is 5.30. The van der Waals surface area contributed by atoms with Crippen LogP contribution >= 0.6 is 0 Å². The minimum absolute atomic E-state index is 0.619. The van der Waals surface area contributed by atoms with Crippen molar-refractivity contribution in [3.05, 3.63) is 12.1 Å². The highest BCUT2D eigenvalue weighted by molar-refractivity contribution is 6.49. The van der Waals surface area contributed by atoms with E-state index in [9.17, 15) is 10.1 Å². The first kappa shape index (κ1) is 12.8. The minimum Gasteiger partial charge on any atom is -0.423 e. The second-order valence-electron chi connectivity index (χ2n) is 5.30. The van der Waals surface area contributed by atoms with Crippen LogP contribution in [0, 0.1) is 5.92 Å². The smallest absolute Gasteiger partial charge is 0.423 e. The number of allylic oxidation sites excluding steroid dienone is 1. The molecule has 0 aliphatic heterocycles. The van der Waals surface area contributed by atoms with Crippen molar-refractivity contribution in [2.75, 3.05) is 0 Å². The number of aliphatic hydroxyl groups is 1. The lowest BCUT2D eigenvalue weighted by molar-refractivity contribution is -0.0984. The van der Waals surface area contributed by atoms with Gasteiger partial charge in [0.05, 0.1) is 11.2 Å². The van der Waals surface area contributed by atoms with E-state index in [-0.39, 0.29) is 0 Å². The van der Waals surface area contributed by atoms with Gasteiger partial charge in [0.2, 0.25) is 0 Å². The van der Waals surface area contributed by atoms with Gasteiger partial charge in [0, 0.05) is 0 Å². The van der Waals surface area contributed by atoms with Crippen LogP contribution in [-0.2, 0) is 4.65 Å². The lowest BCUT2D eigenvalue weighted by atomic mass is 9.83. The Kier molecular flexibility index (Phi) is 3.64. The number of hydrogen-bond donors (Lipinski definition) is 2. The molecule has 1 rings (SSSR count). The fraction of sp³-hybridized carbons (Fsp3) is 0.818. The molecular weight excluding hydrogens is 191 g/mol. The highest BCUT2D eigenvalue weighted by Crippen LogP contribution is 2.30. The second kappa shape index (κ2) is 4.28. The molecule has 15 heavy (non-hydrogen) atoms. The molecule has 4 heteroatoms. The molecule has 0 aromatic carbocycles. The lowest BCUT2D eigenvalue weighted by Gasteiger charge is -2.38. The third-order valence-corrected chi connectivity index (χ3v) is 3.06. The Morgan fingerprint density at radius 2 is 1.80 bits per heavy atom. The Morgan fingerprint density at radius 1 is 1.27 bits per heavy atom.